The number of nitrogens with zero attached hydrogens (tertiary/aromatic N) is 2. The second-order valence-corrected chi connectivity index (χ2v) is 5.82. The molecule has 0 radical (unpaired) electrons. The minimum Gasteiger partial charge on any atom is -0.347 e. The Balaban J connectivity index is 1.90. The minimum atomic E-state index is -0.416. The molecule has 2 aromatic carbocycles. The van der Waals surface area contributed by atoms with Crippen LogP contribution in [0.2, 0.25) is 0 Å². The normalized spacial score (nSPS) is 15.8. The van der Waals surface area contributed by atoms with Gasteiger partial charge in [0.15, 0.2) is 0 Å². The lowest BCUT2D eigenvalue weighted by atomic mass is 9.99. The minimum absolute atomic E-state index is 0.416. The summed E-state index contributed by atoms with van der Waals surface area (Å²) in [4.78, 5) is 17.1. The van der Waals surface area contributed by atoms with E-state index in [1.807, 2.05) is 62.5 Å². The van der Waals surface area contributed by atoms with Crippen LogP contribution in [0.1, 0.15) is 16.8 Å². The molecule has 3 aromatic rings. The fourth-order valence-electron chi connectivity index (χ4n) is 3.09. The smallest absolute Gasteiger partial charge is 0.347 e. The van der Waals surface area contributed by atoms with Crippen molar-refractivity contribution in [2.75, 3.05) is 0 Å². The van der Waals surface area contributed by atoms with E-state index in [2.05, 4.69) is 21.9 Å². The molecule has 1 aliphatic heterocycles. The average molecular weight is 316 g/mol. The predicted octanol–water partition coefficient (Wildman–Crippen LogP) is 3.83. The molecule has 0 unspecified atom stereocenters. The third-order valence-corrected chi connectivity index (χ3v) is 4.48. The van der Waals surface area contributed by atoms with E-state index >= 15 is 0 Å². The first kappa shape index (κ1) is 14.5. The van der Waals surface area contributed by atoms with E-state index in [9.17, 15) is 4.79 Å². The Morgan fingerprint density at radius 3 is 2.54 bits per heavy atom. The Morgan fingerprint density at radius 1 is 1.04 bits per heavy atom. The summed E-state index contributed by atoms with van der Waals surface area (Å²) in [5.41, 5.74) is 5.17. The summed E-state index contributed by atoms with van der Waals surface area (Å²) in [6, 6.07) is 17.8. The fourth-order valence-corrected chi connectivity index (χ4v) is 3.09. The van der Waals surface area contributed by atoms with Crippen LogP contribution in [-0.4, -0.2) is 16.2 Å². The van der Waals surface area contributed by atoms with Crippen LogP contribution < -0.4 is 0 Å². The topological polar surface area (TPSA) is 43.6 Å². The van der Waals surface area contributed by atoms with Crippen LogP contribution in [0.3, 0.4) is 0 Å². The first-order valence-corrected chi connectivity index (χ1v) is 7.77. The molecule has 0 N–H and O–H groups in total. The van der Waals surface area contributed by atoms with Gasteiger partial charge in [-0.15, -0.1) is 0 Å². The van der Waals surface area contributed by atoms with Crippen molar-refractivity contribution >= 4 is 28.7 Å². The van der Waals surface area contributed by atoms with Gasteiger partial charge in [-0.3, -0.25) is 0 Å². The second kappa shape index (κ2) is 5.49. The van der Waals surface area contributed by atoms with Gasteiger partial charge in [0.05, 0.1) is 5.57 Å². The lowest BCUT2D eigenvalue weighted by Crippen LogP contribution is -2.06. The van der Waals surface area contributed by atoms with Crippen molar-refractivity contribution in [2.24, 2.45) is 12.2 Å². The molecule has 0 atom stereocenters. The molecule has 0 aliphatic carbocycles. The maximum atomic E-state index is 12.2. The molecule has 0 spiro atoms. The number of para-hydroxylation sites is 1. The highest BCUT2D eigenvalue weighted by Gasteiger charge is 2.27. The van der Waals surface area contributed by atoms with Crippen LogP contribution in [0.4, 0.5) is 0 Å². The first-order chi connectivity index (χ1) is 11.7. The van der Waals surface area contributed by atoms with E-state index in [4.69, 9.17) is 4.84 Å². The molecule has 4 heteroatoms. The Labute approximate surface area is 139 Å². The fraction of sp³-hybridized carbons (Fsp3) is 0.100. The van der Waals surface area contributed by atoms with Gasteiger partial charge >= 0.3 is 5.97 Å². The van der Waals surface area contributed by atoms with E-state index < -0.39 is 5.97 Å². The van der Waals surface area contributed by atoms with Crippen LogP contribution in [0.15, 0.2) is 65.3 Å². The zero-order valence-electron chi connectivity index (χ0n) is 13.5. The number of hydrogen-bond acceptors (Lipinski definition) is 3. The van der Waals surface area contributed by atoms with Crippen LogP contribution >= 0.6 is 0 Å². The summed E-state index contributed by atoms with van der Waals surface area (Å²) in [5, 5.41) is 5.08. The van der Waals surface area contributed by atoms with Crippen molar-refractivity contribution in [2.45, 2.75) is 6.92 Å². The van der Waals surface area contributed by atoms with Crippen molar-refractivity contribution in [3.8, 4) is 0 Å². The maximum Gasteiger partial charge on any atom is 0.368 e. The largest absolute Gasteiger partial charge is 0.368 e. The summed E-state index contributed by atoms with van der Waals surface area (Å²) in [6.07, 6.45) is 1.89. The number of oxime groups is 1. The van der Waals surface area contributed by atoms with Gasteiger partial charge in [-0.05, 0) is 19.1 Å². The predicted molar refractivity (Wildman–Crippen MR) is 94.7 cm³/mol. The molecule has 0 amide bonds. The first-order valence-electron chi connectivity index (χ1n) is 7.77. The van der Waals surface area contributed by atoms with Crippen molar-refractivity contribution < 1.29 is 9.63 Å². The summed E-state index contributed by atoms with van der Waals surface area (Å²) < 4.78 is 2.13. The molecule has 1 aromatic heterocycles. The number of carbonyl (C=O) groups is 1. The Bertz CT molecular complexity index is 1010. The van der Waals surface area contributed by atoms with Gasteiger partial charge in [0.1, 0.15) is 5.71 Å². The number of carbonyl (C=O) groups excluding carboxylic acids is 1. The highest BCUT2D eigenvalue weighted by molar-refractivity contribution is 6.31. The van der Waals surface area contributed by atoms with Gasteiger partial charge in [0.25, 0.3) is 0 Å². The van der Waals surface area contributed by atoms with E-state index in [1.165, 1.54) is 0 Å². The number of aromatic nitrogens is 1. The summed E-state index contributed by atoms with van der Waals surface area (Å²) in [6.45, 7) is 2.05. The van der Waals surface area contributed by atoms with Gasteiger partial charge < -0.3 is 9.40 Å². The number of rotatable bonds is 2. The summed E-state index contributed by atoms with van der Waals surface area (Å²) in [5.74, 6) is -0.416. The molecule has 0 bridgehead atoms. The second-order valence-electron chi connectivity index (χ2n) is 5.82. The van der Waals surface area contributed by atoms with Gasteiger partial charge in [-0.25, -0.2) is 4.79 Å². The zero-order valence-corrected chi connectivity index (χ0v) is 13.5. The molecule has 118 valence electrons. The monoisotopic (exact) mass is 316 g/mol. The molecule has 0 saturated carbocycles. The summed E-state index contributed by atoms with van der Waals surface area (Å²) in [7, 11) is 2.03. The van der Waals surface area contributed by atoms with E-state index in [1.54, 1.807) is 0 Å². The number of fused-ring (bicyclic) bond motifs is 1. The van der Waals surface area contributed by atoms with Gasteiger partial charge in [-0.1, -0.05) is 53.7 Å². The molecule has 24 heavy (non-hydrogen) atoms. The number of hydrogen-bond donors (Lipinski definition) is 0. The molecule has 0 saturated heterocycles. The summed E-state index contributed by atoms with van der Waals surface area (Å²) >= 11 is 0. The molecular formula is C20H16N2O2. The average Bonchev–Trinajstić information content (AvgIpc) is 3.10. The van der Waals surface area contributed by atoms with E-state index in [0.29, 0.717) is 11.3 Å². The molecule has 4 rings (SSSR count). The SMILES string of the molecule is Cc1c(C=C2C(=O)ON=C2c2ccccc2)c2ccccc2n1C. The zero-order chi connectivity index (χ0) is 16.7. The lowest BCUT2D eigenvalue weighted by Gasteiger charge is -2.01. The molecule has 2 heterocycles. The van der Waals surface area contributed by atoms with Crippen LogP contribution in [0.25, 0.3) is 17.0 Å². The quantitative estimate of drug-likeness (QED) is 0.533. The number of benzene rings is 2. The molecule has 1 aliphatic rings. The standard InChI is InChI=1S/C20H16N2O2/c1-13-16(15-10-6-7-11-18(15)22(13)2)12-17-19(21-24-20(17)23)14-8-4-3-5-9-14/h3-12H,1-2H3. The van der Waals surface area contributed by atoms with Crippen molar-refractivity contribution in [1.82, 2.24) is 4.57 Å². The third-order valence-electron chi connectivity index (χ3n) is 4.48. The van der Waals surface area contributed by atoms with E-state index in [-0.39, 0.29) is 0 Å². The maximum absolute atomic E-state index is 12.2. The highest BCUT2D eigenvalue weighted by Crippen LogP contribution is 2.29. The highest BCUT2D eigenvalue weighted by atomic mass is 16.7. The van der Waals surface area contributed by atoms with Crippen molar-refractivity contribution in [3.63, 3.8) is 0 Å². The Hall–Kier alpha value is -3.14. The van der Waals surface area contributed by atoms with Crippen LogP contribution in [0.5, 0.6) is 0 Å². The molecular weight excluding hydrogens is 300 g/mol. The van der Waals surface area contributed by atoms with Gasteiger partial charge in [0.2, 0.25) is 0 Å². The van der Waals surface area contributed by atoms with Gasteiger partial charge in [0, 0.05) is 34.8 Å². The Kier molecular flexibility index (Phi) is 3.31. The Morgan fingerprint density at radius 2 is 1.75 bits per heavy atom. The van der Waals surface area contributed by atoms with Crippen molar-refractivity contribution in [1.29, 1.82) is 0 Å². The van der Waals surface area contributed by atoms with Gasteiger partial charge in [-0.2, -0.15) is 0 Å². The molecule has 0 fully saturated rings. The van der Waals surface area contributed by atoms with E-state index in [0.717, 1.165) is 27.7 Å². The van der Waals surface area contributed by atoms with Crippen LogP contribution in [-0.2, 0) is 16.7 Å². The van der Waals surface area contributed by atoms with Crippen molar-refractivity contribution in [3.05, 3.63) is 77.0 Å². The number of aryl methyl sites for hydroxylation is 1. The third kappa shape index (κ3) is 2.15. The lowest BCUT2D eigenvalue weighted by molar-refractivity contribution is -0.136. The molecule has 4 nitrogen and oxygen atoms in total. The van der Waals surface area contributed by atoms with Crippen LogP contribution in [0, 0.1) is 6.92 Å².